The number of anilines is 2. The van der Waals surface area contributed by atoms with Gasteiger partial charge in [-0.3, -0.25) is 4.79 Å². The van der Waals surface area contributed by atoms with Gasteiger partial charge in [-0.25, -0.2) is 4.79 Å². The summed E-state index contributed by atoms with van der Waals surface area (Å²) in [5.74, 6) is 0.730. The van der Waals surface area contributed by atoms with Crippen molar-refractivity contribution in [3.8, 4) is 5.75 Å². The highest BCUT2D eigenvalue weighted by Crippen LogP contribution is 2.24. The van der Waals surface area contributed by atoms with Gasteiger partial charge in [0.15, 0.2) is 0 Å². The van der Waals surface area contributed by atoms with Crippen molar-refractivity contribution in [1.82, 2.24) is 5.32 Å². The summed E-state index contributed by atoms with van der Waals surface area (Å²) >= 11 is 0. The third-order valence-electron chi connectivity index (χ3n) is 4.12. The first kappa shape index (κ1) is 16.8. The molecule has 1 unspecified atom stereocenters. The van der Waals surface area contributed by atoms with E-state index in [1.165, 1.54) is 0 Å². The zero-order chi connectivity index (χ0) is 17.8. The number of ether oxygens (including phenoxy) is 1. The largest absolute Gasteiger partial charge is 0.497 e. The second-order valence-electron chi connectivity index (χ2n) is 6.07. The van der Waals surface area contributed by atoms with Crippen LogP contribution < -0.4 is 20.3 Å². The number of amides is 3. The molecule has 0 spiro atoms. The van der Waals surface area contributed by atoms with Crippen LogP contribution in [0.2, 0.25) is 0 Å². The Morgan fingerprint density at radius 2 is 1.96 bits per heavy atom. The molecule has 0 saturated carbocycles. The van der Waals surface area contributed by atoms with Crippen molar-refractivity contribution in [2.45, 2.75) is 19.4 Å². The van der Waals surface area contributed by atoms with Gasteiger partial charge in [0.25, 0.3) is 0 Å². The number of carbonyl (C=O) groups excluding carboxylic acids is 2. The van der Waals surface area contributed by atoms with Gasteiger partial charge in [0.1, 0.15) is 5.75 Å². The van der Waals surface area contributed by atoms with Gasteiger partial charge >= 0.3 is 6.03 Å². The van der Waals surface area contributed by atoms with Crippen LogP contribution in [0.5, 0.6) is 5.75 Å². The summed E-state index contributed by atoms with van der Waals surface area (Å²) in [6, 6.07) is 14.3. The number of urea groups is 1. The molecule has 130 valence electrons. The molecule has 0 bridgehead atoms. The van der Waals surface area contributed by atoms with Crippen LogP contribution in [0.1, 0.15) is 12.0 Å². The van der Waals surface area contributed by atoms with Crippen molar-refractivity contribution in [2.75, 3.05) is 23.9 Å². The fourth-order valence-corrected chi connectivity index (χ4v) is 2.89. The van der Waals surface area contributed by atoms with Gasteiger partial charge in [-0.2, -0.15) is 0 Å². The van der Waals surface area contributed by atoms with E-state index in [1.807, 2.05) is 55.5 Å². The zero-order valence-electron chi connectivity index (χ0n) is 14.3. The Morgan fingerprint density at radius 1 is 1.20 bits per heavy atom. The van der Waals surface area contributed by atoms with Crippen molar-refractivity contribution in [3.05, 3.63) is 54.1 Å². The number of carbonyl (C=O) groups is 2. The molecular weight excluding hydrogens is 318 g/mol. The summed E-state index contributed by atoms with van der Waals surface area (Å²) in [5.41, 5.74) is 2.60. The molecule has 1 aliphatic rings. The molecule has 0 aromatic heterocycles. The third-order valence-corrected chi connectivity index (χ3v) is 4.12. The topological polar surface area (TPSA) is 70.7 Å². The van der Waals surface area contributed by atoms with E-state index >= 15 is 0 Å². The smallest absolute Gasteiger partial charge is 0.319 e. The monoisotopic (exact) mass is 339 g/mol. The molecule has 1 atom stereocenters. The predicted molar refractivity (Wildman–Crippen MR) is 97.1 cm³/mol. The van der Waals surface area contributed by atoms with Crippen molar-refractivity contribution in [3.63, 3.8) is 0 Å². The number of hydrogen-bond donors (Lipinski definition) is 2. The second kappa shape index (κ2) is 7.25. The van der Waals surface area contributed by atoms with Gasteiger partial charge in [-0.1, -0.05) is 12.1 Å². The molecule has 1 heterocycles. The second-order valence-corrected chi connectivity index (χ2v) is 6.07. The summed E-state index contributed by atoms with van der Waals surface area (Å²) in [5, 5.41) is 5.66. The molecule has 0 radical (unpaired) electrons. The first-order valence-electron chi connectivity index (χ1n) is 8.14. The summed E-state index contributed by atoms with van der Waals surface area (Å²) in [6.45, 7) is 2.41. The molecule has 2 aromatic rings. The first-order valence-corrected chi connectivity index (χ1v) is 8.14. The van der Waals surface area contributed by atoms with E-state index in [2.05, 4.69) is 10.6 Å². The SMILES string of the molecule is COc1ccc(N2CC(NC(=O)Nc3cccc(C)c3)CC2=O)cc1. The number of rotatable bonds is 4. The first-order chi connectivity index (χ1) is 12.0. The van der Waals surface area contributed by atoms with E-state index in [9.17, 15) is 9.59 Å². The summed E-state index contributed by atoms with van der Waals surface area (Å²) in [6.07, 6.45) is 0.285. The van der Waals surface area contributed by atoms with Crippen molar-refractivity contribution >= 4 is 23.3 Å². The van der Waals surface area contributed by atoms with Crippen LogP contribution >= 0.6 is 0 Å². The lowest BCUT2D eigenvalue weighted by molar-refractivity contribution is -0.117. The highest BCUT2D eigenvalue weighted by molar-refractivity contribution is 5.97. The van der Waals surface area contributed by atoms with E-state index in [0.717, 1.165) is 22.7 Å². The summed E-state index contributed by atoms with van der Waals surface area (Å²) in [4.78, 5) is 26.1. The molecule has 1 aliphatic heterocycles. The number of benzene rings is 2. The molecular formula is C19H21N3O3. The van der Waals surface area contributed by atoms with Crippen molar-refractivity contribution in [2.24, 2.45) is 0 Å². The fraction of sp³-hybridized carbons (Fsp3) is 0.263. The number of hydrogen-bond acceptors (Lipinski definition) is 3. The van der Waals surface area contributed by atoms with Crippen LogP contribution in [0.4, 0.5) is 16.2 Å². The quantitative estimate of drug-likeness (QED) is 0.900. The minimum absolute atomic E-state index is 0.00831. The van der Waals surface area contributed by atoms with Gasteiger partial charge in [0, 0.05) is 24.3 Å². The highest BCUT2D eigenvalue weighted by Gasteiger charge is 2.31. The predicted octanol–water partition coefficient (Wildman–Crippen LogP) is 2.93. The van der Waals surface area contributed by atoms with Crippen LogP contribution in [0.15, 0.2) is 48.5 Å². The Morgan fingerprint density at radius 3 is 2.64 bits per heavy atom. The van der Waals surface area contributed by atoms with Gasteiger partial charge in [-0.05, 0) is 48.9 Å². The zero-order valence-corrected chi connectivity index (χ0v) is 14.3. The van der Waals surface area contributed by atoms with E-state index in [0.29, 0.717) is 6.54 Å². The minimum atomic E-state index is -0.306. The summed E-state index contributed by atoms with van der Waals surface area (Å²) < 4.78 is 5.13. The molecule has 3 amide bonds. The Bertz CT molecular complexity index is 774. The standard InChI is InChI=1S/C19H21N3O3/c1-13-4-3-5-14(10-13)20-19(24)21-15-11-18(23)22(12-15)16-6-8-17(25-2)9-7-16/h3-10,15H,11-12H2,1-2H3,(H2,20,21,24). The Hall–Kier alpha value is -3.02. The maximum absolute atomic E-state index is 12.2. The molecule has 6 nitrogen and oxygen atoms in total. The minimum Gasteiger partial charge on any atom is -0.497 e. The van der Waals surface area contributed by atoms with Crippen LogP contribution in [0, 0.1) is 6.92 Å². The summed E-state index contributed by atoms with van der Waals surface area (Å²) in [7, 11) is 1.60. The maximum Gasteiger partial charge on any atom is 0.319 e. The van der Waals surface area contributed by atoms with E-state index in [4.69, 9.17) is 4.74 Å². The Kier molecular flexibility index (Phi) is 4.88. The molecule has 0 aliphatic carbocycles. The average molecular weight is 339 g/mol. The van der Waals surface area contributed by atoms with Crippen molar-refractivity contribution in [1.29, 1.82) is 0 Å². The fourth-order valence-electron chi connectivity index (χ4n) is 2.89. The highest BCUT2D eigenvalue weighted by atomic mass is 16.5. The van der Waals surface area contributed by atoms with Crippen LogP contribution in [0.3, 0.4) is 0 Å². The number of nitrogens with one attached hydrogen (secondary N) is 2. The molecule has 1 fully saturated rings. The lowest BCUT2D eigenvalue weighted by Gasteiger charge is -2.18. The average Bonchev–Trinajstić information content (AvgIpc) is 2.95. The Labute approximate surface area is 146 Å². The van der Waals surface area contributed by atoms with Gasteiger partial charge in [0.05, 0.1) is 13.2 Å². The van der Waals surface area contributed by atoms with Crippen LogP contribution in [-0.2, 0) is 4.79 Å². The van der Waals surface area contributed by atoms with Gasteiger partial charge in [0.2, 0.25) is 5.91 Å². The number of nitrogens with zero attached hydrogens (tertiary/aromatic N) is 1. The van der Waals surface area contributed by atoms with Crippen molar-refractivity contribution < 1.29 is 14.3 Å². The Balaban J connectivity index is 1.59. The molecule has 6 heteroatoms. The molecule has 1 saturated heterocycles. The molecule has 2 aromatic carbocycles. The molecule has 2 N–H and O–H groups in total. The normalized spacial score (nSPS) is 16.6. The van der Waals surface area contributed by atoms with Gasteiger partial charge < -0.3 is 20.3 Å². The molecule has 25 heavy (non-hydrogen) atoms. The lowest BCUT2D eigenvalue weighted by Crippen LogP contribution is -2.39. The molecule has 3 rings (SSSR count). The number of methoxy groups -OCH3 is 1. The number of aryl methyl sites for hydroxylation is 1. The van der Waals surface area contributed by atoms with Crippen LogP contribution in [0.25, 0.3) is 0 Å². The van der Waals surface area contributed by atoms with E-state index < -0.39 is 0 Å². The maximum atomic E-state index is 12.2. The lowest BCUT2D eigenvalue weighted by atomic mass is 10.2. The van der Waals surface area contributed by atoms with E-state index in [-0.39, 0.29) is 24.4 Å². The van der Waals surface area contributed by atoms with Crippen LogP contribution in [-0.4, -0.2) is 31.6 Å². The van der Waals surface area contributed by atoms with Gasteiger partial charge in [-0.15, -0.1) is 0 Å². The van der Waals surface area contributed by atoms with E-state index in [1.54, 1.807) is 12.0 Å². The third kappa shape index (κ3) is 4.09.